The molecule has 1 aromatic heterocycles. The molecule has 2 aromatic rings. The van der Waals surface area contributed by atoms with Crippen molar-refractivity contribution in [2.75, 3.05) is 20.6 Å². The lowest BCUT2D eigenvalue weighted by Crippen LogP contribution is -2.35. The molecule has 1 aromatic carbocycles. The van der Waals surface area contributed by atoms with Gasteiger partial charge in [0.15, 0.2) is 5.60 Å². The van der Waals surface area contributed by atoms with Crippen LogP contribution in [0.5, 0.6) is 0 Å². The summed E-state index contributed by atoms with van der Waals surface area (Å²) in [6.45, 7) is 5.18. The number of unbranched alkanes of at least 4 members (excludes halogenated alkanes) is 2. The Bertz CT molecular complexity index is 624. The zero-order chi connectivity index (χ0) is 18.3. The molecule has 0 bridgehead atoms. The van der Waals surface area contributed by atoms with Crippen molar-refractivity contribution in [2.24, 2.45) is 5.92 Å². The standard InChI is InChI=1S/C21H32N2O2/c1-5-6-8-11-17(2)21(24,18-12-9-7-10-13-18)20-22-16-19(25-20)14-15-23(3)4/h7,9-10,12-13,16-17,24H,5-6,8,11,14-15H2,1-4H3. The van der Waals surface area contributed by atoms with Gasteiger partial charge in [-0.2, -0.15) is 0 Å². The van der Waals surface area contributed by atoms with Crippen LogP contribution in [0.3, 0.4) is 0 Å². The normalized spacial score (nSPS) is 15.3. The highest BCUT2D eigenvalue weighted by Gasteiger charge is 2.41. The smallest absolute Gasteiger partial charge is 0.231 e. The van der Waals surface area contributed by atoms with E-state index in [1.165, 1.54) is 12.8 Å². The molecule has 0 fully saturated rings. The topological polar surface area (TPSA) is 49.5 Å². The van der Waals surface area contributed by atoms with E-state index in [2.05, 4.69) is 23.7 Å². The predicted octanol–water partition coefficient (Wildman–Crippen LogP) is 4.23. The maximum Gasteiger partial charge on any atom is 0.231 e. The largest absolute Gasteiger partial charge is 0.442 e. The Labute approximate surface area is 151 Å². The Morgan fingerprint density at radius 3 is 2.56 bits per heavy atom. The van der Waals surface area contributed by atoms with E-state index in [1.54, 1.807) is 6.20 Å². The molecule has 25 heavy (non-hydrogen) atoms. The number of aliphatic hydroxyl groups is 1. The number of hydrogen-bond donors (Lipinski definition) is 1. The molecule has 0 aliphatic carbocycles. The average molecular weight is 344 g/mol. The fourth-order valence-electron chi connectivity index (χ4n) is 3.15. The average Bonchev–Trinajstić information content (AvgIpc) is 3.09. The van der Waals surface area contributed by atoms with Crippen LogP contribution < -0.4 is 0 Å². The van der Waals surface area contributed by atoms with E-state index < -0.39 is 5.60 Å². The molecule has 1 heterocycles. The summed E-state index contributed by atoms with van der Waals surface area (Å²) in [4.78, 5) is 6.57. The minimum absolute atomic E-state index is 0.0294. The van der Waals surface area contributed by atoms with Crippen molar-refractivity contribution in [2.45, 2.75) is 51.6 Å². The van der Waals surface area contributed by atoms with Crippen LogP contribution in [0.2, 0.25) is 0 Å². The Balaban J connectivity index is 2.28. The van der Waals surface area contributed by atoms with Gasteiger partial charge in [0.2, 0.25) is 5.89 Å². The second kappa shape index (κ2) is 9.16. The van der Waals surface area contributed by atoms with E-state index in [4.69, 9.17) is 4.42 Å². The van der Waals surface area contributed by atoms with Crippen molar-refractivity contribution in [3.8, 4) is 0 Å². The molecule has 0 radical (unpaired) electrons. The SMILES string of the molecule is CCCCCC(C)C(O)(c1ccccc1)c1ncc(CCN(C)C)o1. The van der Waals surface area contributed by atoms with Gasteiger partial charge in [0.1, 0.15) is 5.76 Å². The Hall–Kier alpha value is -1.65. The van der Waals surface area contributed by atoms with Gasteiger partial charge >= 0.3 is 0 Å². The molecule has 0 amide bonds. The third-order valence-corrected chi connectivity index (χ3v) is 4.85. The summed E-state index contributed by atoms with van der Waals surface area (Å²) in [6.07, 6.45) is 6.93. The van der Waals surface area contributed by atoms with Gasteiger partial charge in [-0.15, -0.1) is 0 Å². The summed E-state index contributed by atoms with van der Waals surface area (Å²) in [5.74, 6) is 1.26. The minimum Gasteiger partial charge on any atom is -0.442 e. The number of likely N-dealkylation sites (N-methyl/N-ethyl adjacent to an activating group) is 1. The number of aromatic nitrogens is 1. The first-order chi connectivity index (χ1) is 12.0. The summed E-state index contributed by atoms with van der Waals surface area (Å²) in [5, 5.41) is 11.6. The quantitative estimate of drug-likeness (QED) is 0.655. The maximum atomic E-state index is 11.6. The van der Waals surface area contributed by atoms with Gasteiger partial charge in [-0.05, 0) is 32.0 Å². The highest BCUT2D eigenvalue weighted by atomic mass is 16.4. The molecule has 2 unspecified atom stereocenters. The molecule has 138 valence electrons. The van der Waals surface area contributed by atoms with Crippen molar-refractivity contribution < 1.29 is 9.52 Å². The van der Waals surface area contributed by atoms with Gasteiger partial charge < -0.3 is 14.4 Å². The number of hydrogen-bond acceptors (Lipinski definition) is 4. The van der Waals surface area contributed by atoms with Crippen LogP contribution in [0.1, 0.15) is 56.7 Å². The van der Waals surface area contributed by atoms with Crippen LogP contribution in [0.25, 0.3) is 0 Å². The molecular formula is C21H32N2O2. The maximum absolute atomic E-state index is 11.6. The second-order valence-electron chi connectivity index (χ2n) is 7.21. The Morgan fingerprint density at radius 1 is 1.20 bits per heavy atom. The van der Waals surface area contributed by atoms with E-state index in [0.717, 1.165) is 37.1 Å². The first-order valence-corrected chi connectivity index (χ1v) is 9.36. The van der Waals surface area contributed by atoms with Crippen LogP contribution in [0.15, 0.2) is 40.9 Å². The van der Waals surface area contributed by atoms with Gasteiger partial charge in [-0.1, -0.05) is 63.4 Å². The van der Waals surface area contributed by atoms with Crippen molar-refractivity contribution in [3.05, 3.63) is 53.7 Å². The fraction of sp³-hybridized carbons (Fsp3) is 0.571. The summed E-state index contributed by atoms with van der Waals surface area (Å²) < 4.78 is 5.99. The van der Waals surface area contributed by atoms with Gasteiger partial charge in [0.05, 0.1) is 6.20 Å². The predicted molar refractivity (Wildman–Crippen MR) is 102 cm³/mol. The van der Waals surface area contributed by atoms with Gasteiger partial charge in [0, 0.05) is 13.0 Å². The third-order valence-electron chi connectivity index (χ3n) is 4.85. The number of rotatable bonds is 10. The molecule has 2 atom stereocenters. The Morgan fingerprint density at radius 2 is 1.92 bits per heavy atom. The van der Waals surface area contributed by atoms with Crippen molar-refractivity contribution in [1.29, 1.82) is 0 Å². The van der Waals surface area contributed by atoms with Crippen molar-refractivity contribution in [3.63, 3.8) is 0 Å². The van der Waals surface area contributed by atoms with Crippen LogP contribution in [0.4, 0.5) is 0 Å². The molecule has 0 spiro atoms. The monoisotopic (exact) mass is 344 g/mol. The highest BCUT2D eigenvalue weighted by molar-refractivity contribution is 5.29. The molecule has 0 aliphatic rings. The van der Waals surface area contributed by atoms with E-state index in [-0.39, 0.29) is 5.92 Å². The fourth-order valence-corrected chi connectivity index (χ4v) is 3.15. The van der Waals surface area contributed by atoms with E-state index in [1.807, 2.05) is 44.4 Å². The molecule has 0 saturated carbocycles. The van der Waals surface area contributed by atoms with Gasteiger partial charge in [-0.25, -0.2) is 4.98 Å². The summed E-state index contributed by atoms with van der Waals surface area (Å²) in [7, 11) is 4.07. The van der Waals surface area contributed by atoms with Crippen LogP contribution in [-0.2, 0) is 12.0 Å². The van der Waals surface area contributed by atoms with Crippen LogP contribution in [-0.4, -0.2) is 35.6 Å². The van der Waals surface area contributed by atoms with Crippen molar-refractivity contribution in [1.82, 2.24) is 9.88 Å². The second-order valence-corrected chi connectivity index (χ2v) is 7.21. The van der Waals surface area contributed by atoms with E-state index in [0.29, 0.717) is 5.89 Å². The molecule has 0 aliphatic heterocycles. The summed E-state index contributed by atoms with van der Waals surface area (Å²) in [6, 6.07) is 9.79. The van der Waals surface area contributed by atoms with Crippen LogP contribution in [0, 0.1) is 5.92 Å². The summed E-state index contributed by atoms with van der Waals surface area (Å²) >= 11 is 0. The number of benzene rings is 1. The van der Waals surface area contributed by atoms with E-state index in [9.17, 15) is 5.11 Å². The molecule has 4 heteroatoms. The van der Waals surface area contributed by atoms with Gasteiger partial charge in [0.25, 0.3) is 0 Å². The summed E-state index contributed by atoms with van der Waals surface area (Å²) in [5.41, 5.74) is -0.342. The molecule has 4 nitrogen and oxygen atoms in total. The zero-order valence-corrected chi connectivity index (χ0v) is 16.0. The number of nitrogens with zero attached hydrogens (tertiary/aromatic N) is 2. The first-order valence-electron chi connectivity index (χ1n) is 9.36. The highest BCUT2D eigenvalue weighted by Crippen LogP contribution is 2.38. The first kappa shape index (κ1) is 19.7. The molecule has 1 N–H and O–H groups in total. The molecule has 0 saturated heterocycles. The molecular weight excluding hydrogens is 312 g/mol. The third kappa shape index (κ3) is 4.93. The lowest BCUT2D eigenvalue weighted by atomic mass is 9.79. The van der Waals surface area contributed by atoms with Gasteiger partial charge in [-0.3, -0.25) is 0 Å². The lowest BCUT2D eigenvalue weighted by molar-refractivity contribution is -0.00636. The zero-order valence-electron chi connectivity index (χ0n) is 16.0. The van der Waals surface area contributed by atoms with Crippen molar-refractivity contribution >= 4 is 0 Å². The lowest BCUT2D eigenvalue weighted by Gasteiger charge is -2.32. The molecule has 2 rings (SSSR count). The number of oxazole rings is 1. The van der Waals surface area contributed by atoms with Crippen LogP contribution >= 0.6 is 0 Å². The minimum atomic E-state index is -1.19. The van der Waals surface area contributed by atoms with E-state index >= 15 is 0 Å². The Kier molecular flexibility index (Phi) is 7.21.